The summed E-state index contributed by atoms with van der Waals surface area (Å²) in [5, 5.41) is 7.31. The molecule has 6 nitrogen and oxygen atoms in total. The Hall–Kier alpha value is -2.38. The minimum Gasteiger partial charge on any atom is -0.494 e. The average molecular weight is 345 g/mol. The van der Waals surface area contributed by atoms with Crippen LogP contribution in [0.2, 0.25) is 0 Å². The number of rotatable bonds is 7. The molecule has 0 saturated carbocycles. The van der Waals surface area contributed by atoms with E-state index >= 15 is 0 Å². The fourth-order valence-corrected chi connectivity index (χ4v) is 3.77. The molecule has 0 amide bonds. The van der Waals surface area contributed by atoms with Crippen molar-refractivity contribution in [3.8, 4) is 5.75 Å². The van der Waals surface area contributed by atoms with Crippen LogP contribution >= 0.6 is 0 Å². The Kier molecular flexibility index (Phi) is 4.82. The molecule has 2 aromatic carbocycles. The molecule has 0 radical (unpaired) electrons. The molecule has 126 valence electrons. The van der Waals surface area contributed by atoms with Crippen LogP contribution in [0, 0.1) is 0 Å². The highest BCUT2D eigenvalue weighted by atomic mass is 32.2. The fourth-order valence-electron chi connectivity index (χ4n) is 2.41. The fraction of sp³-hybridized carbons (Fsp3) is 0.235. The molecule has 3 aromatic rings. The van der Waals surface area contributed by atoms with E-state index in [1.165, 1.54) is 0 Å². The molecular formula is C17H19N3O3S. The third kappa shape index (κ3) is 3.27. The number of H-pyrrole nitrogens is 1. The molecule has 0 aliphatic rings. The van der Waals surface area contributed by atoms with Gasteiger partial charge in [0.25, 0.3) is 0 Å². The first-order valence-electron chi connectivity index (χ1n) is 7.74. The van der Waals surface area contributed by atoms with Crippen molar-refractivity contribution in [2.45, 2.75) is 22.8 Å². The van der Waals surface area contributed by atoms with Crippen molar-refractivity contribution in [3.05, 3.63) is 48.5 Å². The van der Waals surface area contributed by atoms with Crippen molar-refractivity contribution in [1.29, 1.82) is 0 Å². The molecular weight excluding hydrogens is 326 g/mol. The SMILES string of the molecule is NCCCCOc1ccc2[nH]nc(S(=O)(=O)c3ccccc3)c2c1. The second-order valence-electron chi connectivity index (χ2n) is 5.40. The van der Waals surface area contributed by atoms with Crippen molar-refractivity contribution in [3.63, 3.8) is 0 Å². The van der Waals surface area contributed by atoms with Gasteiger partial charge in [-0.1, -0.05) is 18.2 Å². The maximum absolute atomic E-state index is 12.8. The lowest BCUT2D eigenvalue weighted by Gasteiger charge is -2.06. The summed E-state index contributed by atoms with van der Waals surface area (Å²) in [6.07, 6.45) is 1.75. The summed E-state index contributed by atoms with van der Waals surface area (Å²) in [5.41, 5.74) is 6.11. The quantitative estimate of drug-likeness (QED) is 0.641. The van der Waals surface area contributed by atoms with E-state index in [1.807, 2.05) is 0 Å². The van der Waals surface area contributed by atoms with Gasteiger partial charge in [-0.05, 0) is 49.7 Å². The van der Waals surface area contributed by atoms with Crippen LogP contribution in [-0.2, 0) is 9.84 Å². The molecule has 3 N–H and O–H groups in total. The lowest BCUT2D eigenvalue weighted by atomic mass is 10.2. The number of hydrogen-bond donors (Lipinski definition) is 2. The number of aromatic nitrogens is 2. The monoisotopic (exact) mass is 345 g/mol. The summed E-state index contributed by atoms with van der Waals surface area (Å²) in [6.45, 7) is 1.17. The van der Waals surface area contributed by atoms with E-state index in [0.29, 0.717) is 29.8 Å². The van der Waals surface area contributed by atoms with Gasteiger partial charge < -0.3 is 10.5 Å². The second-order valence-corrected chi connectivity index (χ2v) is 7.26. The van der Waals surface area contributed by atoms with Crippen LogP contribution in [0.4, 0.5) is 0 Å². The van der Waals surface area contributed by atoms with Crippen LogP contribution in [0.15, 0.2) is 58.5 Å². The first-order chi connectivity index (χ1) is 11.6. The first-order valence-corrected chi connectivity index (χ1v) is 9.22. The normalized spacial score (nSPS) is 11.7. The third-order valence-corrected chi connectivity index (χ3v) is 5.39. The summed E-state index contributed by atoms with van der Waals surface area (Å²) in [7, 11) is -3.68. The van der Waals surface area contributed by atoms with Crippen molar-refractivity contribution in [2.24, 2.45) is 5.73 Å². The second kappa shape index (κ2) is 7.02. The zero-order valence-corrected chi connectivity index (χ0v) is 13.9. The number of sulfone groups is 1. The van der Waals surface area contributed by atoms with E-state index < -0.39 is 9.84 Å². The molecule has 1 aromatic heterocycles. The van der Waals surface area contributed by atoms with Gasteiger partial charge in [0.05, 0.1) is 17.0 Å². The van der Waals surface area contributed by atoms with Crippen LogP contribution in [0.25, 0.3) is 10.9 Å². The van der Waals surface area contributed by atoms with Gasteiger partial charge in [0.2, 0.25) is 9.84 Å². The summed E-state index contributed by atoms with van der Waals surface area (Å²) in [5.74, 6) is 0.616. The van der Waals surface area contributed by atoms with Gasteiger partial charge in [-0.3, -0.25) is 5.10 Å². The minimum atomic E-state index is -3.68. The Balaban J connectivity index is 1.94. The summed E-state index contributed by atoms with van der Waals surface area (Å²) in [6, 6.07) is 13.5. The van der Waals surface area contributed by atoms with E-state index in [9.17, 15) is 8.42 Å². The third-order valence-electron chi connectivity index (χ3n) is 3.67. The maximum Gasteiger partial charge on any atom is 0.226 e. The number of ether oxygens (including phenoxy) is 1. The number of hydrogen-bond acceptors (Lipinski definition) is 5. The lowest BCUT2D eigenvalue weighted by molar-refractivity contribution is 0.308. The van der Waals surface area contributed by atoms with Gasteiger partial charge in [-0.15, -0.1) is 0 Å². The Labute approximate surface area is 140 Å². The highest BCUT2D eigenvalue weighted by molar-refractivity contribution is 7.91. The molecule has 0 aliphatic heterocycles. The van der Waals surface area contributed by atoms with Crippen LogP contribution in [0.1, 0.15) is 12.8 Å². The predicted molar refractivity (Wildman–Crippen MR) is 91.8 cm³/mol. The number of aromatic amines is 1. The largest absolute Gasteiger partial charge is 0.494 e. The Bertz CT molecular complexity index is 921. The van der Waals surface area contributed by atoms with Crippen LogP contribution in [-0.4, -0.2) is 31.8 Å². The average Bonchev–Trinajstić information content (AvgIpc) is 3.03. The highest BCUT2D eigenvalue weighted by Gasteiger charge is 2.23. The number of nitrogens with zero attached hydrogens (tertiary/aromatic N) is 1. The molecule has 1 heterocycles. The molecule has 0 saturated heterocycles. The van der Waals surface area contributed by atoms with E-state index in [0.717, 1.165) is 12.8 Å². The number of fused-ring (bicyclic) bond motifs is 1. The van der Waals surface area contributed by atoms with Crippen LogP contribution in [0.3, 0.4) is 0 Å². The number of nitrogens with one attached hydrogen (secondary N) is 1. The Morgan fingerprint density at radius 2 is 1.88 bits per heavy atom. The smallest absolute Gasteiger partial charge is 0.226 e. The molecule has 3 rings (SSSR count). The number of benzene rings is 2. The number of nitrogens with two attached hydrogens (primary N) is 1. The molecule has 0 atom stereocenters. The summed E-state index contributed by atoms with van der Waals surface area (Å²) < 4.78 is 31.2. The van der Waals surface area contributed by atoms with Crippen molar-refractivity contribution in [1.82, 2.24) is 10.2 Å². The first kappa shape index (κ1) is 16.5. The van der Waals surface area contributed by atoms with Gasteiger partial charge in [0.1, 0.15) is 5.75 Å². The molecule has 0 aliphatic carbocycles. The van der Waals surface area contributed by atoms with Gasteiger partial charge in [0.15, 0.2) is 5.03 Å². The lowest BCUT2D eigenvalue weighted by Crippen LogP contribution is -2.04. The van der Waals surface area contributed by atoms with Gasteiger partial charge in [-0.2, -0.15) is 5.10 Å². The van der Waals surface area contributed by atoms with Crippen LogP contribution in [0.5, 0.6) is 5.75 Å². The van der Waals surface area contributed by atoms with E-state index in [2.05, 4.69) is 10.2 Å². The summed E-state index contributed by atoms with van der Waals surface area (Å²) in [4.78, 5) is 0.215. The molecule has 0 bridgehead atoms. The van der Waals surface area contributed by atoms with Crippen LogP contribution < -0.4 is 10.5 Å². The molecule has 0 spiro atoms. The number of unbranched alkanes of at least 4 members (excludes halogenated alkanes) is 1. The van der Waals surface area contributed by atoms with Gasteiger partial charge in [-0.25, -0.2) is 8.42 Å². The zero-order valence-electron chi connectivity index (χ0n) is 13.1. The van der Waals surface area contributed by atoms with Crippen molar-refractivity contribution in [2.75, 3.05) is 13.2 Å². The topological polar surface area (TPSA) is 98.1 Å². The van der Waals surface area contributed by atoms with Crippen molar-refractivity contribution >= 4 is 20.7 Å². The molecule has 7 heteroatoms. The molecule has 0 fully saturated rings. The molecule has 24 heavy (non-hydrogen) atoms. The van der Waals surface area contributed by atoms with E-state index in [4.69, 9.17) is 10.5 Å². The van der Waals surface area contributed by atoms with Gasteiger partial charge >= 0.3 is 0 Å². The van der Waals surface area contributed by atoms with Crippen molar-refractivity contribution < 1.29 is 13.2 Å². The molecule has 0 unspecified atom stereocenters. The van der Waals surface area contributed by atoms with Gasteiger partial charge in [0, 0.05) is 5.39 Å². The highest BCUT2D eigenvalue weighted by Crippen LogP contribution is 2.28. The maximum atomic E-state index is 12.8. The van der Waals surface area contributed by atoms with E-state index in [-0.39, 0.29) is 9.92 Å². The summed E-state index contributed by atoms with van der Waals surface area (Å²) >= 11 is 0. The zero-order chi connectivity index (χ0) is 17.0. The Morgan fingerprint density at radius 1 is 1.08 bits per heavy atom. The standard InChI is InChI=1S/C17H19N3O3S/c18-10-4-5-11-23-13-8-9-16-15(12-13)17(20-19-16)24(21,22)14-6-2-1-3-7-14/h1-3,6-9,12H,4-5,10-11,18H2,(H,19,20). The minimum absolute atomic E-state index is 0.0103. The van der Waals surface area contributed by atoms with E-state index in [1.54, 1.807) is 48.5 Å². The Morgan fingerprint density at radius 3 is 2.62 bits per heavy atom. The predicted octanol–water partition coefficient (Wildman–Crippen LogP) is 2.51.